The van der Waals surface area contributed by atoms with Crippen molar-refractivity contribution in [3.8, 4) is 0 Å². The summed E-state index contributed by atoms with van der Waals surface area (Å²) in [7, 11) is 0. The molecule has 5 nitrogen and oxygen atoms in total. The fourth-order valence-corrected chi connectivity index (χ4v) is 2.94. The van der Waals surface area contributed by atoms with Gasteiger partial charge < -0.3 is 5.32 Å². The van der Waals surface area contributed by atoms with Gasteiger partial charge in [-0.1, -0.05) is 13.3 Å². The molecule has 0 aliphatic carbocycles. The van der Waals surface area contributed by atoms with Crippen molar-refractivity contribution in [2.24, 2.45) is 0 Å². The predicted molar refractivity (Wildman–Crippen MR) is 91.0 cm³/mol. The van der Waals surface area contributed by atoms with Crippen LogP contribution >= 0.6 is 11.8 Å². The number of thioether (sulfide) groups is 1. The third kappa shape index (κ3) is 5.89. The lowest BCUT2D eigenvalue weighted by atomic mass is 10.3. The second-order valence-corrected chi connectivity index (χ2v) is 6.24. The number of nitrogens with zero attached hydrogens (tertiary/aromatic N) is 3. The van der Waals surface area contributed by atoms with Gasteiger partial charge in [0, 0.05) is 36.8 Å². The molecule has 1 amide bonds. The van der Waals surface area contributed by atoms with Crippen LogP contribution in [-0.2, 0) is 11.3 Å². The summed E-state index contributed by atoms with van der Waals surface area (Å²) in [5, 5.41) is 7.20. The van der Waals surface area contributed by atoms with Gasteiger partial charge in [0.1, 0.15) is 0 Å². The number of hydrogen-bond acceptors (Lipinski definition) is 4. The van der Waals surface area contributed by atoms with Gasteiger partial charge in [0.25, 0.3) is 0 Å². The molecule has 0 saturated heterocycles. The standard InChI is InChI=1S/C16H22N4OS/c1-2-3-11-22-12-7-16(21)18-15-6-10-20(19-15)13-14-4-8-17-9-5-14/h4-6,8-10H,2-3,7,11-13H2,1H3,(H,18,19,21). The lowest BCUT2D eigenvalue weighted by Crippen LogP contribution is -2.13. The Labute approximate surface area is 135 Å². The van der Waals surface area contributed by atoms with Crippen LogP contribution in [0.15, 0.2) is 36.8 Å². The molecule has 0 bridgehead atoms. The molecule has 0 saturated carbocycles. The van der Waals surface area contributed by atoms with Crippen LogP contribution in [0.3, 0.4) is 0 Å². The van der Waals surface area contributed by atoms with E-state index < -0.39 is 0 Å². The molecule has 2 aromatic rings. The maximum atomic E-state index is 11.8. The molecule has 0 fully saturated rings. The highest BCUT2D eigenvalue weighted by molar-refractivity contribution is 7.99. The highest BCUT2D eigenvalue weighted by Crippen LogP contribution is 2.09. The Balaban J connectivity index is 1.73. The van der Waals surface area contributed by atoms with E-state index in [1.54, 1.807) is 17.1 Å². The summed E-state index contributed by atoms with van der Waals surface area (Å²) >= 11 is 1.83. The zero-order valence-corrected chi connectivity index (χ0v) is 13.7. The lowest BCUT2D eigenvalue weighted by Gasteiger charge is -2.03. The van der Waals surface area contributed by atoms with Gasteiger partial charge in [0.05, 0.1) is 6.54 Å². The Morgan fingerprint density at radius 1 is 1.27 bits per heavy atom. The Kier molecular flexibility index (Phi) is 6.96. The summed E-state index contributed by atoms with van der Waals surface area (Å²) < 4.78 is 1.81. The summed E-state index contributed by atoms with van der Waals surface area (Å²) in [6.45, 7) is 2.85. The number of amides is 1. The van der Waals surface area contributed by atoms with Crippen molar-refractivity contribution in [2.75, 3.05) is 16.8 Å². The number of pyridine rings is 1. The minimum absolute atomic E-state index is 0.0261. The van der Waals surface area contributed by atoms with Gasteiger partial charge in [-0.25, -0.2) is 0 Å². The molecule has 0 spiro atoms. The zero-order chi connectivity index (χ0) is 15.6. The first-order valence-electron chi connectivity index (χ1n) is 7.58. The molecule has 0 radical (unpaired) electrons. The van der Waals surface area contributed by atoms with Crippen LogP contribution in [0.2, 0.25) is 0 Å². The Bertz CT molecular complexity index is 571. The highest BCUT2D eigenvalue weighted by atomic mass is 32.2. The van der Waals surface area contributed by atoms with E-state index >= 15 is 0 Å². The SMILES string of the molecule is CCCCSCCC(=O)Nc1ccn(Cc2ccncc2)n1. The molecular weight excluding hydrogens is 296 g/mol. The van der Waals surface area contributed by atoms with Crippen molar-refractivity contribution in [1.29, 1.82) is 0 Å². The van der Waals surface area contributed by atoms with E-state index in [1.165, 1.54) is 12.8 Å². The zero-order valence-electron chi connectivity index (χ0n) is 12.9. The van der Waals surface area contributed by atoms with Gasteiger partial charge in [-0.05, 0) is 29.9 Å². The number of rotatable bonds is 9. The van der Waals surface area contributed by atoms with Crippen LogP contribution < -0.4 is 5.32 Å². The minimum Gasteiger partial charge on any atom is -0.309 e. The molecule has 2 heterocycles. The quantitative estimate of drug-likeness (QED) is 0.721. The van der Waals surface area contributed by atoms with Crippen LogP contribution in [0.25, 0.3) is 0 Å². The van der Waals surface area contributed by atoms with E-state index in [9.17, 15) is 4.79 Å². The topological polar surface area (TPSA) is 59.8 Å². The van der Waals surface area contributed by atoms with Crippen molar-refractivity contribution in [3.63, 3.8) is 0 Å². The molecule has 0 unspecified atom stereocenters. The molecule has 0 aliphatic rings. The van der Waals surface area contributed by atoms with Crippen molar-refractivity contribution in [3.05, 3.63) is 42.4 Å². The predicted octanol–water partition coefficient (Wildman–Crippen LogP) is 3.19. The number of aromatic nitrogens is 3. The summed E-state index contributed by atoms with van der Waals surface area (Å²) in [5.74, 6) is 2.63. The van der Waals surface area contributed by atoms with Gasteiger partial charge >= 0.3 is 0 Å². The van der Waals surface area contributed by atoms with Crippen molar-refractivity contribution in [1.82, 2.24) is 14.8 Å². The van der Waals surface area contributed by atoms with Crippen LogP contribution in [0.1, 0.15) is 31.7 Å². The molecule has 6 heteroatoms. The van der Waals surface area contributed by atoms with Crippen LogP contribution in [-0.4, -0.2) is 32.2 Å². The summed E-state index contributed by atoms with van der Waals surface area (Å²) in [6, 6.07) is 5.73. The fourth-order valence-electron chi connectivity index (χ4n) is 1.91. The van der Waals surface area contributed by atoms with Gasteiger partial charge in [-0.15, -0.1) is 0 Å². The average molecular weight is 318 g/mol. The van der Waals surface area contributed by atoms with Crippen LogP contribution in [0, 0.1) is 0 Å². The van der Waals surface area contributed by atoms with E-state index in [0.29, 0.717) is 18.8 Å². The number of carbonyl (C=O) groups excluding carboxylic acids is 1. The van der Waals surface area contributed by atoms with Gasteiger partial charge in [-0.2, -0.15) is 16.9 Å². The molecule has 1 N–H and O–H groups in total. The molecule has 22 heavy (non-hydrogen) atoms. The van der Waals surface area contributed by atoms with E-state index in [4.69, 9.17) is 0 Å². The molecule has 0 atom stereocenters. The smallest absolute Gasteiger partial charge is 0.226 e. The lowest BCUT2D eigenvalue weighted by molar-refractivity contribution is -0.115. The van der Waals surface area contributed by atoms with Crippen LogP contribution in [0.4, 0.5) is 5.82 Å². The molecular formula is C16H22N4OS. The minimum atomic E-state index is 0.0261. The monoisotopic (exact) mass is 318 g/mol. The molecule has 2 aromatic heterocycles. The van der Waals surface area contributed by atoms with Crippen LogP contribution in [0.5, 0.6) is 0 Å². The summed E-state index contributed by atoms with van der Waals surface area (Å²) in [6.07, 6.45) is 8.34. The van der Waals surface area contributed by atoms with E-state index in [2.05, 4.69) is 22.3 Å². The largest absolute Gasteiger partial charge is 0.309 e. The second-order valence-electron chi connectivity index (χ2n) is 5.02. The summed E-state index contributed by atoms with van der Waals surface area (Å²) in [5.41, 5.74) is 1.13. The Morgan fingerprint density at radius 2 is 2.09 bits per heavy atom. The maximum absolute atomic E-state index is 11.8. The van der Waals surface area contributed by atoms with E-state index in [1.807, 2.05) is 36.2 Å². The Morgan fingerprint density at radius 3 is 2.86 bits per heavy atom. The second kappa shape index (κ2) is 9.25. The maximum Gasteiger partial charge on any atom is 0.226 e. The van der Waals surface area contributed by atoms with Crippen molar-refractivity contribution < 1.29 is 4.79 Å². The first-order valence-corrected chi connectivity index (χ1v) is 8.73. The number of anilines is 1. The molecule has 118 valence electrons. The van der Waals surface area contributed by atoms with Gasteiger partial charge in [0.2, 0.25) is 5.91 Å². The number of nitrogens with one attached hydrogen (secondary N) is 1. The highest BCUT2D eigenvalue weighted by Gasteiger charge is 2.05. The number of unbranched alkanes of at least 4 members (excludes halogenated alkanes) is 1. The number of carbonyl (C=O) groups is 1. The fraction of sp³-hybridized carbons (Fsp3) is 0.438. The van der Waals surface area contributed by atoms with Gasteiger partial charge in [0.15, 0.2) is 5.82 Å². The van der Waals surface area contributed by atoms with Crippen molar-refractivity contribution in [2.45, 2.75) is 32.7 Å². The van der Waals surface area contributed by atoms with Crippen molar-refractivity contribution >= 4 is 23.5 Å². The van der Waals surface area contributed by atoms with Gasteiger partial charge in [-0.3, -0.25) is 14.5 Å². The molecule has 0 aliphatic heterocycles. The van der Waals surface area contributed by atoms with E-state index in [0.717, 1.165) is 17.1 Å². The first kappa shape index (κ1) is 16.5. The average Bonchev–Trinajstić information content (AvgIpc) is 2.95. The Hall–Kier alpha value is -1.82. The number of hydrogen-bond donors (Lipinski definition) is 1. The summed E-state index contributed by atoms with van der Waals surface area (Å²) in [4.78, 5) is 15.8. The molecule has 0 aromatic carbocycles. The van der Waals surface area contributed by atoms with E-state index in [-0.39, 0.29) is 5.91 Å². The normalized spacial score (nSPS) is 10.6. The molecule has 2 rings (SSSR count). The third-order valence-electron chi connectivity index (χ3n) is 3.12. The first-order chi connectivity index (χ1) is 10.8. The third-order valence-corrected chi connectivity index (χ3v) is 4.19.